The minimum Gasteiger partial charge on any atom is -0.486 e. The largest absolute Gasteiger partial charge is 0.486 e. The van der Waals surface area contributed by atoms with Crippen molar-refractivity contribution in [1.82, 2.24) is 9.78 Å². The number of rotatable bonds is 6. The van der Waals surface area contributed by atoms with Crippen LogP contribution in [0.5, 0.6) is 5.75 Å². The first-order valence-electron chi connectivity index (χ1n) is 8.96. The molecule has 0 saturated carbocycles. The van der Waals surface area contributed by atoms with Crippen molar-refractivity contribution >= 4 is 27.7 Å². The average molecular weight is 463 g/mol. The standard InChI is InChI=1S/C22H15BrN4O3/c23-16-6-8-18(9-7-16)29-14-19-10-11-20(30-19)22(28)26-21-15(12-24)13-25-27(21)17-4-2-1-3-5-17/h1-11,13H,14H2,(H,26,28). The number of nitriles is 1. The summed E-state index contributed by atoms with van der Waals surface area (Å²) in [6.07, 6.45) is 1.40. The number of ether oxygens (including phenoxy) is 1. The van der Waals surface area contributed by atoms with Gasteiger partial charge >= 0.3 is 0 Å². The molecule has 0 fully saturated rings. The van der Waals surface area contributed by atoms with Crippen LogP contribution in [0.1, 0.15) is 21.9 Å². The Morgan fingerprint density at radius 2 is 1.90 bits per heavy atom. The van der Waals surface area contributed by atoms with Crippen LogP contribution in [0.3, 0.4) is 0 Å². The van der Waals surface area contributed by atoms with Crippen molar-refractivity contribution in [2.24, 2.45) is 0 Å². The summed E-state index contributed by atoms with van der Waals surface area (Å²) < 4.78 is 13.7. The number of nitrogens with zero attached hydrogens (tertiary/aromatic N) is 3. The number of nitrogens with one attached hydrogen (secondary N) is 1. The van der Waals surface area contributed by atoms with E-state index in [-0.39, 0.29) is 23.7 Å². The molecule has 0 aliphatic carbocycles. The minimum atomic E-state index is -0.487. The van der Waals surface area contributed by atoms with Crippen LogP contribution in [0, 0.1) is 11.3 Å². The summed E-state index contributed by atoms with van der Waals surface area (Å²) >= 11 is 3.37. The van der Waals surface area contributed by atoms with Crippen LogP contribution in [-0.2, 0) is 6.61 Å². The molecule has 0 unspecified atom stereocenters. The number of aromatic nitrogens is 2. The maximum absolute atomic E-state index is 12.7. The molecule has 8 heteroatoms. The number of anilines is 1. The van der Waals surface area contributed by atoms with Crippen molar-refractivity contribution in [2.75, 3.05) is 5.32 Å². The fourth-order valence-electron chi connectivity index (χ4n) is 2.75. The van der Waals surface area contributed by atoms with Crippen LogP contribution in [0.2, 0.25) is 0 Å². The van der Waals surface area contributed by atoms with Crippen LogP contribution >= 0.6 is 15.9 Å². The topological polar surface area (TPSA) is 93.1 Å². The molecule has 0 saturated heterocycles. The summed E-state index contributed by atoms with van der Waals surface area (Å²) in [4.78, 5) is 12.7. The number of hydrogen-bond acceptors (Lipinski definition) is 5. The summed E-state index contributed by atoms with van der Waals surface area (Å²) in [5.41, 5.74) is 0.967. The van der Waals surface area contributed by atoms with Gasteiger partial charge in [-0.05, 0) is 48.5 Å². The Hall–Kier alpha value is -3.83. The maximum atomic E-state index is 12.7. The van der Waals surface area contributed by atoms with Crippen LogP contribution in [0.25, 0.3) is 5.69 Å². The lowest BCUT2D eigenvalue weighted by Gasteiger charge is -2.08. The molecule has 0 aliphatic rings. The highest BCUT2D eigenvalue weighted by atomic mass is 79.9. The van der Waals surface area contributed by atoms with Gasteiger partial charge in [-0.2, -0.15) is 10.4 Å². The molecule has 4 aromatic rings. The van der Waals surface area contributed by atoms with Crippen molar-refractivity contribution in [3.63, 3.8) is 0 Å². The summed E-state index contributed by atoms with van der Waals surface area (Å²) in [7, 11) is 0. The molecule has 30 heavy (non-hydrogen) atoms. The van der Waals surface area contributed by atoms with E-state index in [4.69, 9.17) is 9.15 Å². The molecular weight excluding hydrogens is 448 g/mol. The molecule has 4 rings (SSSR count). The molecule has 0 radical (unpaired) electrons. The normalized spacial score (nSPS) is 10.4. The van der Waals surface area contributed by atoms with Gasteiger partial charge in [-0.15, -0.1) is 0 Å². The lowest BCUT2D eigenvalue weighted by atomic mass is 10.3. The monoisotopic (exact) mass is 462 g/mol. The Kier molecular flexibility index (Phi) is 5.63. The summed E-state index contributed by atoms with van der Waals surface area (Å²) in [5.74, 6) is 1.08. The van der Waals surface area contributed by atoms with Crippen molar-refractivity contribution in [3.8, 4) is 17.5 Å². The fourth-order valence-corrected chi connectivity index (χ4v) is 3.01. The molecule has 0 spiro atoms. The number of halogens is 1. The van der Waals surface area contributed by atoms with Crippen LogP contribution in [0.4, 0.5) is 5.82 Å². The molecule has 0 aliphatic heterocycles. The van der Waals surface area contributed by atoms with Crippen molar-refractivity contribution in [2.45, 2.75) is 6.61 Å². The lowest BCUT2D eigenvalue weighted by Crippen LogP contribution is -2.15. The second kappa shape index (κ2) is 8.68. The third-order valence-corrected chi connectivity index (χ3v) is 4.73. The predicted molar refractivity (Wildman–Crippen MR) is 113 cm³/mol. The van der Waals surface area contributed by atoms with Gasteiger partial charge < -0.3 is 14.5 Å². The molecular formula is C22H15BrN4O3. The Labute approximate surface area is 180 Å². The zero-order valence-electron chi connectivity index (χ0n) is 15.6. The zero-order valence-corrected chi connectivity index (χ0v) is 17.2. The maximum Gasteiger partial charge on any atom is 0.292 e. The third-order valence-electron chi connectivity index (χ3n) is 4.20. The summed E-state index contributed by atoms with van der Waals surface area (Å²) in [6.45, 7) is 0.181. The predicted octanol–water partition coefficient (Wildman–Crippen LogP) is 4.93. The van der Waals surface area contributed by atoms with E-state index in [9.17, 15) is 10.1 Å². The average Bonchev–Trinajstić information content (AvgIpc) is 3.41. The Bertz CT molecular complexity index is 1210. The first kappa shape index (κ1) is 19.5. The molecule has 7 nitrogen and oxygen atoms in total. The number of furan rings is 1. The number of hydrogen-bond donors (Lipinski definition) is 1. The van der Waals surface area contributed by atoms with Crippen molar-refractivity contribution in [1.29, 1.82) is 5.26 Å². The van der Waals surface area contributed by atoms with Gasteiger partial charge in [0, 0.05) is 4.47 Å². The second-order valence-electron chi connectivity index (χ2n) is 6.23. The number of carbonyl (C=O) groups is 1. The first-order chi connectivity index (χ1) is 14.6. The molecule has 2 aromatic heterocycles. The second-order valence-corrected chi connectivity index (χ2v) is 7.14. The first-order valence-corrected chi connectivity index (χ1v) is 9.75. The highest BCUT2D eigenvalue weighted by Crippen LogP contribution is 2.22. The van der Waals surface area contributed by atoms with E-state index in [0.29, 0.717) is 11.5 Å². The van der Waals surface area contributed by atoms with Gasteiger partial charge in [-0.3, -0.25) is 4.79 Å². The highest BCUT2D eigenvalue weighted by Gasteiger charge is 2.18. The van der Waals surface area contributed by atoms with Crippen LogP contribution < -0.4 is 10.1 Å². The van der Waals surface area contributed by atoms with E-state index in [0.717, 1.165) is 10.2 Å². The van der Waals surface area contributed by atoms with Crippen molar-refractivity contribution in [3.05, 3.63) is 94.5 Å². The Balaban J connectivity index is 1.48. The van der Waals surface area contributed by atoms with E-state index >= 15 is 0 Å². The Morgan fingerprint density at radius 1 is 1.13 bits per heavy atom. The van der Waals surface area contributed by atoms with Crippen molar-refractivity contribution < 1.29 is 13.9 Å². The van der Waals surface area contributed by atoms with Gasteiger partial charge in [0.05, 0.1) is 11.9 Å². The van der Waals surface area contributed by atoms with Gasteiger partial charge in [0.2, 0.25) is 0 Å². The molecule has 2 aromatic carbocycles. The molecule has 0 atom stereocenters. The number of benzene rings is 2. The van der Waals surface area contributed by atoms with Crippen LogP contribution in [0.15, 0.2) is 81.8 Å². The van der Waals surface area contributed by atoms with E-state index in [1.54, 1.807) is 12.1 Å². The number of amides is 1. The number of para-hydroxylation sites is 1. The smallest absolute Gasteiger partial charge is 0.292 e. The molecule has 1 N–H and O–H groups in total. The van der Waals surface area contributed by atoms with Gasteiger partial charge in [0.15, 0.2) is 11.6 Å². The van der Waals surface area contributed by atoms with Gasteiger partial charge in [-0.25, -0.2) is 4.68 Å². The minimum absolute atomic E-state index is 0.106. The summed E-state index contributed by atoms with van der Waals surface area (Å²) in [5, 5.41) is 16.3. The van der Waals surface area contributed by atoms with Gasteiger partial charge in [0.25, 0.3) is 5.91 Å². The summed E-state index contributed by atoms with van der Waals surface area (Å²) in [6, 6.07) is 21.9. The number of carbonyl (C=O) groups excluding carboxylic acids is 1. The van der Waals surface area contributed by atoms with E-state index < -0.39 is 5.91 Å². The fraction of sp³-hybridized carbons (Fsp3) is 0.0455. The lowest BCUT2D eigenvalue weighted by molar-refractivity contribution is 0.0992. The van der Waals surface area contributed by atoms with E-state index in [1.807, 2.05) is 60.7 Å². The molecule has 2 heterocycles. The van der Waals surface area contributed by atoms with E-state index in [2.05, 4.69) is 26.3 Å². The molecule has 1 amide bonds. The molecule has 148 valence electrons. The van der Waals surface area contributed by atoms with Crippen LogP contribution in [-0.4, -0.2) is 15.7 Å². The third kappa shape index (κ3) is 4.26. The highest BCUT2D eigenvalue weighted by molar-refractivity contribution is 9.10. The van der Waals surface area contributed by atoms with Gasteiger partial charge in [-0.1, -0.05) is 34.1 Å². The quantitative estimate of drug-likeness (QED) is 0.438. The van der Waals surface area contributed by atoms with E-state index in [1.165, 1.54) is 10.9 Å². The Morgan fingerprint density at radius 3 is 2.63 bits per heavy atom. The molecule has 0 bridgehead atoms. The SMILES string of the molecule is N#Cc1cnn(-c2ccccc2)c1NC(=O)c1ccc(COc2ccc(Br)cc2)o1. The zero-order chi connectivity index (χ0) is 20.9. The van der Waals surface area contributed by atoms with Gasteiger partial charge in [0.1, 0.15) is 29.7 Å².